The summed E-state index contributed by atoms with van der Waals surface area (Å²) in [5.41, 5.74) is 0.361. The maximum absolute atomic E-state index is 12.5. The predicted molar refractivity (Wildman–Crippen MR) is 160 cm³/mol. The Morgan fingerprint density at radius 3 is 1.82 bits per heavy atom. The van der Waals surface area contributed by atoms with E-state index in [9.17, 15) is 20.1 Å². The molecule has 0 radical (unpaired) electrons. The second kappa shape index (κ2) is 20.4. The Bertz CT molecular complexity index is 815. The van der Waals surface area contributed by atoms with Gasteiger partial charge in [-0.25, -0.2) is 4.98 Å². The molecule has 2 heterocycles. The zero-order valence-electron chi connectivity index (χ0n) is 24.9. The van der Waals surface area contributed by atoms with Gasteiger partial charge in [-0.3, -0.25) is 9.69 Å². The van der Waals surface area contributed by atoms with E-state index in [-0.39, 0.29) is 13.2 Å². The van der Waals surface area contributed by atoms with Crippen molar-refractivity contribution in [3.05, 3.63) is 39.2 Å². The molecule has 0 unspecified atom stereocenters. The minimum atomic E-state index is -0.721. The van der Waals surface area contributed by atoms with Gasteiger partial charge in [0.05, 0.1) is 12.2 Å². The van der Waals surface area contributed by atoms with Crippen molar-refractivity contribution in [3.63, 3.8) is 0 Å². The summed E-state index contributed by atoms with van der Waals surface area (Å²) in [6, 6.07) is 4.13. The van der Waals surface area contributed by atoms with Crippen molar-refractivity contribution >= 4 is 11.7 Å². The Morgan fingerprint density at radius 1 is 0.875 bits per heavy atom. The number of piperazine rings is 1. The molecular formula is C30H52N5O5-. The molecule has 2 rings (SSSR count). The smallest absolute Gasteiger partial charge is 0.294 e. The summed E-state index contributed by atoms with van der Waals surface area (Å²) >= 11 is 0. The lowest BCUT2D eigenvalue weighted by Gasteiger charge is -2.37. The summed E-state index contributed by atoms with van der Waals surface area (Å²) < 4.78 is 0. The van der Waals surface area contributed by atoms with Gasteiger partial charge in [0, 0.05) is 45.0 Å². The van der Waals surface area contributed by atoms with Crippen LogP contribution in [0, 0.1) is 15.3 Å². The molecule has 0 spiro atoms. The average Bonchev–Trinajstić information content (AvgIpc) is 2.96. The van der Waals surface area contributed by atoms with Crippen molar-refractivity contribution in [1.82, 2.24) is 14.9 Å². The molecule has 1 aliphatic rings. The van der Waals surface area contributed by atoms with E-state index in [4.69, 9.17) is 0 Å². The van der Waals surface area contributed by atoms with Crippen LogP contribution in [0.3, 0.4) is 0 Å². The number of rotatable bonds is 22. The van der Waals surface area contributed by atoms with Crippen LogP contribution in [0.4, 0.5) is 5.82 Å². The number of carbonyl (C=O) groups excluding carboxylic acids is 1. The van der Waals surface area contributed by atoms with E-state index in [0.717, 1.165) is 70.5 Å². The number of carbonyl (C=O) groups is 1. The first kappa shape index (κ1) is 33.7. The van der Waals surface area contributed by atoms with Gasteiger partial charge in [-0.15, -0.1) is 10.1 Å². The molecule has 1 aromatic heterocycles. The molecule has 0 atom stereocenters. The lowest BCUT2D eigenvalue weighted by Crippen LogP contribution is -2.49. The number of hydrogen-bond acceptors (Lipinski definition) is 8. The molecule has 228 valence electrons. The van der Waals surface area contributed by atoms with Crippen LogP contribution in [-0.2, 0) is 4.84 Å². The maximum Gasteiger partial charge on any atom is 0.294 e. The van der Waals surface area contributed by atoms with Gasteiger partial charge in [-0.1, -0.05) is 83.5 Å². The van der Waals surface area contributed by atoms with Gasteiger partial charge < -0.3 is 20.0 Å². The van der Waals surface area contributed by atoms with Crippen LogP contribution in [0.1, 0.15) is 121 Å². The highest BCUT2D eigenvalue weighted by atomic mass is 16.9. The van der Waals surface area contributed by atoms with Crippen molar-refractivity contribution in [2.75, 3.05) is 44.2 Å². The molecule has 1 amide bonds. The lowest BCUT2D eigenvalue weighted by atomic mass is 10.0. The van der Waals surface area contributed by atoms with E-state index in [1.54, 1.807) is 12.3 Å². The largest absolute Gasteiger partial charge is 0.756 e. The van der Waals surface area contributed by atoms with Gasteiger partial charge in [-0.2, -0.15) is 0 Å². The molecule has 40 heavy (non-hydrogen) atoms. The fourth-order valence-corrected chi connectivity index (χ4v) is 5.21. The Balaban J connectivity index is 1.41. The topological polar surface area (TPSA) is 115 Å². The standard InChI is InChI=1S/C30H52N5O5/c1-27(2)32-21-23-33(24-22-32)29-19-18-28(26-31-29)30(36)34(37)20-16-14-12-10-8-6-4-3-5-7-9-11-13-15-17-25-40-35(38)39/h18-19,26-27H,3-17,20-25H2,1-2H3/q-1. The number of anilines is 1. The van der Waals surface area contributed by atoms with Crippen LogP contribution >= 0.6 is 0 Å². The van der Waals surface area contributed by atoms with E-state index in [0.29, 0.717) is 16.7 Å². The second-order valence-electron chi connectivity index (χ2n) is 11.3. The number of unbranched alkanes of at least 4 members (excludes halogenated alkanes) is 14. The van der Waals surface area contributed by atoms with E-state index in [2.05, 4.69) is 33.5 Å². The van der Waals surface area contributed by atoms with Crippen LogP contribution in [0.5, 0.6) is 0 Å². The van der Waals surface area contributed by atoms with Crippen LogP contribution in [-0.4, -0.2) is 71.3 Å². The molecule has 0 aliphatic carbocycles. The summed E-state index contributed by atoms with van der Waals surface area (Å²) in [6.07, 6.45) is 18.5. The molecule has 10 heteroatoms. The fraction of sp³-hybridized carbons (Fsp3) is 0.800. The number of hydroxylamine groups is 2. The van der Waals surface area contributed by atoms with E-state index >= 15 is 0 Å². The van der Waals surface area contributed by atoms with Crippen LogP contribution in [0.15, 0.2) is 18.3 Å². The van der Waals surface area contributed by atoms with Crippen molar-refractivity contribution in [2.24, 2.45) is 0 Å². The molecule has 0 bridgehead atoms. The number of aromatic nitrogens is 1. The highest BCUT2D eigenvalue weighted by Crippen LogP contribution is 2.17. The number of hydrogen-bond donors (Lipinski definition) is 0. The predicted octanol–water partition coefficient (Wildman–Crippen LogP) is 6.61. The Morgan fingerprint density at radius 2 is 1.38 bits per heavy atom. The molecular weight excluding hydrogens is 510 g/mol. The SMILES string of the molecule is CC(C)N1CCN(c2ccc(C(=O)N([O-])CCCCCCCCCCCCCCCCCO[N+](=O)[O-])cn2)CC1. The molecule has 1 aliphatic heterocycles. The first-order chi connectivity index (χ1) is 19.4. The van der Waals surface area contributed by atoms with Gasteiger partial charge in [0.25, 0.3) is 5.09 Å². The maximum atomic E-state index is 12.5. The molecule has 1 aromatic rings. The Hall–Kier alpha value is -2.46. The van der Waals surface area contributed by atoms with Crippen LogP contribution in [0.2, 0.25) is 0 Å². The first-order valence-electron chi connectivity index (χ1n) is 15.6. The summed E-state index contributed by atoms with van der Waals surface area (Å²) in [5.74, 6) is 0.371. The third-order valence-corrected chi connectivity index (χ3v) is 7.79. The molecule has 1 saturated heterocycles. The zero-order chi connectivity index (χ0) is 29.0. The first-order valence-corrected chi connectivity index (χ1v) is 15.6. The zero-order valence-corrected chi connectivity index (χ0v) is 24.9. The minimum Gasteiger partial charge on any atom is -0.756 e. The molecule has 0 saturated carbocycles. The van der Waals surface area contributed by atoms with Crippen molar-refractivity contribution in [2.45, 2.75) is 116 Å². The number of amides is 1. The van der Waals surface area contributed by atoms with E-state index in [1.165, 1.54) is 57.8 Å². The van der Waals surface area contributed by atoms with Crippen molar-refractivity contribution in [1.29, 1.82) is 0 Å². The Kier molecular flexibility index (Phi) is 17.2. The van der Waals surface area contributed by atoms with E-state index < -0.39 is 11.0 Å². The number of pyridine rings is 1. The minimum absolute atomic E-state index is 0.216. The summed E-state index contributed by atoms with van der Waals surface area (Å²) in [4.78, 5) is 36.0. The monoisotopic (exact) mass is 562 g/mol. The van der Waals surface area contributed by atoms with Crippen LogP contribution < -0.4 is 4.90 Å². The van der Waals surface area contributed by atoms with Gasteiger partial charge in [0.2, 0.25) is 5.91 Å². The molecule has 10 nitrogen and oxygen atoms in total. The summed E-state index contributed by atoms with van der Waals surface area (Å²) in [6.45, 7) is 8.73. The van der Waals surface area contributed by atoms with Gasteiger partial charge >= 0.3 is 0 Å². The van der Waals surface area contributed by atoms with Gasteiger partial charge in [-0.05, 0) is 38.8 Å². The number of nitrogens with zero attached hydrogens (tertiary/aromatic N) is 5. The molecule has 0 aromatic carbocycles. The summed E-state index contributed by atoms with van der Waals surface area (Å²) in [5, 5.41) is 22.2. The average molecular weight is 563 g/mol. The molecule has 0 N–H and O–H groups in total. The van der Waals surface area contributed by atoms with Crippen molar-refractivity contribution in [3.8, 4) is 0 Å². The van der Waals surface area contributed by atoms with Gasteiger partial charge in [0.15, 0.2) is 0 Å². The van der Waals surface area contributed by atoms with Crippen LogP contribution in [0.25, 0.3) is 0 Å². The normalized spacial score (nSPS) is 14.1. The quantitative estimate of drug-likeness (QED) is 0.0880. The highest BCUT2D eigenvalue weighted by molar-refractivity contribution is 5.94. The van der Waals surface area contributed by atoms with Gasteiger partial charge in [0.1, 0.15) is 5.82 Å². The summed E-state index contributed by atoms with van der Waals surface area (Å²) in [7, 11) is 0. The third kappa shape index (κ3) is 14.3. The highest BCUT2D eigenvalue weighted by Gasteiger charge is 2.20. The third-order valence-electron chi connectivity index (χ3n) is 7.79. The Labute approximate surface area is 241 Å². The fourth-order valence-electron chi connectivity index (χ4n) is 5.21. The molecule has 1 fully saturated rings. The lowest BCUT2D eigenvalue weighted by molar-refractivity contribution is -0.757. The second-order valence-corrected chi connectivity index (χ2v) is 11.3. The van der Waals surface area contributed by atoms with E-state index in [1.807, 2.05) is 6.07 Å². The van der Waals surface area contributed by atoms with Crippen molar-refractivity contribution < 1.29 is 14.7 Å².